The van der Waals surface area contributed by atoms with E-state index in [-0.39, 0.29) is 18.5 Å². The Morgan fingerprint density at radius 3 is 2.67 bits per heavy atom. The molecule has 0 radical (unpaired) electrons. The number of hydrogen-bond donors (Lipinski definition) is 0. The zero-order valence-corrected chi connectivity index (χ0v) is 14.3. The van der Waals surface area contributed by atoms with Crippen LogP contribution in [0.2, 0.25) is 0 Å². The zero-order valence-electron chi connectivity index (χ0n) is 14.3. The molecule has 1 spiro atoms. The number of hydrogen-bond acceptors (Lipinski definition) is 4. The Morgan fingerprint density at radius 2 is 2.00 bits per heavy atom. The Hall–Kier alpha value is -1.85. The van der Waals surface area contributed by atoms with Crippen LogP contribution < -0.4 is 0 Å². The normalized spacial score (nSPS) is 26.3. The highest BCUT2D eigenvalue weighted by atomic mass is 16.5. The molecule has 24 heavy (non-hydrogen) atoms. The highest BCUT2D eigenvalue weighted by Gasteiger charge is 2.55. The van der Waals surface area contributed by atoms with Crippen molar-refractivity contribution < 1.29 is 19.1 Å². The van der Waals surface area contributed by atoms with Crippen molar-refractivity contribution in [3.05, 3.63) is 12.2 Å². The van der Waals surface area contributed by atoms with Gasteiger partial charge in [0.2, 0.25) is 0 Å². The van der Waals surface area contributed by atoms with Gasteiger partial charge in [0.15, 0.2) is 0 Å². The van der Waals surface area contributed by atoms with Crippen molar-refractivity contribution >= 4 is 17.9 Å². The first-order valence-corrected chi connectivity index (χ1v) is 8.95. The van der Waals surface area contributed by atoms with Gasteiger partial charge < -0.3 is 9.64 Å². The van der Waals surface area contributed by atoms with E-state index in [1.165, 1.54) is 4.90 Å². The summed E-state index contributed by atoms with van der Waals surface area (Å²) in [5, 5.41) is 0. The molecule has 0 N–H and O–H groups in total. The lowest BCUT2D eigenvalue weighted by molar-refractivity contribution is -0.149. The summed E-state index contributed by atoms with van der Waals surface area (Å²) in [4.78, 5) is 40.0. The summed E-state index contributed by atoms with van der Waals surface area (Å²) < 4.78 is 5.31. The molecule has 6 heteroatoms. The molecule has 1 aliphatic heterocycles. The maximum absolute atomic E-state index is 12.8. The molecule has 0 aromatic carbocycles. The summed E-state index contributed by atoms with van der Waals surface area (Å²) in [7, 11) is 1.67. The monoisotopic (exact) mass is 334 g/mol. The molecule has 1 heterocycles. The third-order valence-corrected chi connectivity index (χ3v) is 5.63. The van der Waals surface area contributed by atoms with Crippen LogP contribution >= 0.6 is 0 Å². The number of urea groups is 1. The molecule has 0 unspecified atom stereocenters. The first-order chi connectivity index (χ1) is 11.5. The molecule has 1 saturated heterocycles. The summed E-state index contributed by atoms with van der Waals surface area (Å²) in [5.41, 5.74) is -0.732. The fourth-order valence-corrected chi connectivity index (χ4v) is 4.06. The van der Waals surface area contributed by atoms with Crippen molar-refractivity contribution in [2.75, 3.05) is 20.2 Å². The van der Waals surface area contributed by atoms with E-state index in [0.717, 1.165) is 43.4 Å². The maximum atomic E-state index is 12.8. The second-order valence-corrected chi connectivity index (χ2v) is 7.16. The minimum absolute atomic E-state index is 0.229. The number of allylic oxidation sites excluding steroid dienone is 2. The first kappa shape index (κ1) is 17.0. The van der Waals surface area contributed by atoms with Crippen LogP contribution in [-0.2, 0) is 14.3 Å². The molecule has 2 fully saturated rings. The van der Waals surface area contributed by atoms with Gasteiger partial charge in [-0.05, 0) is 38.0 Å². The van der Waals surface area contributed by atoms with E-state index in [0.29, 0.717) is 25.4 Å². The highest BCUT2D eigenvalue weighted by Crippen LogP contribution is 2.39. The van der Waals surface area contributed by atoms with Gasteiger partial charge in [0, 0.05) is 7.05 Å². The quantitative estimate of drug-likeness (QED) is 0.450. The van der Waals surface area contributed by atoms with E-state index in [9.17, 15) is 14.4 Å². The van der Waals surface area contributed by atoms with Gasteiger partial charge in [-0.25, -0.2) is 4.79 Å². The van der Waals surface area contributed by atoms with E-state index >= 15 is 0 Å². The number of likely N-dealkylation sites (N-methyl/N-ethyl adjacent to an activating group) is 1. The Balaban J connectivity index is 1.58. The number of nitrogens with zero attached hydrogens (tertiary/aromatic N) is 2. The fraction of sp³-hybridized carbons (Fsp3) is 0.722. The second kappa shape index (κ2) is 6.95. The van der Waals surface area contributed by atoms with Crippen LogP contribution in [0.25, 0.3) is 0 Å². The fourth-order valence-electron chi connectivity index (χ4n) is 4.06. The van der Waals surface area contributed by atoms with Crippen molar-refractivity contribution in [1.29, 1.82) is 0 Å². The molecule has 3 rings (SSSR count). The minimum atomic E-state index is -0.732. The van der Waals surface area contributed by atoms with Crippen molar-refractivity contribution in [3.8, 4) is 0 Å². The standard InChI is InChI=1S/C18H26N2O4/c1-19-17(23)20(16(22)18(19)10-6-3-7-11-18)12-15(21)24-13-14-8-4-2-5-9-14/h2,4,14H,3,5-13H2,1H3/t14-/m0/s1. The topological polar surface area (TPSA) is 66.9 Å². The van der Waals surface area contributed by atoms with Crippen LogP contribution in [0.5, 0.6) is 0 Å². The van der Waals surface area contributed by atoms with Crippen molar-refractivity contribution in [3.63, 3.8) is 0 Å². The summed E-state index contributed by atoms with van der Waals surface area (Å²) in [6.45, 7) is 0.0900. The molecular formula is C18H26N2O4. The highest BCUT2D eigenvalue weighted by molar-refractivity contribution is 6.08. The summed E-state index contributed by atoms with van der Waals surface area (Å²) in [6, 6.07) is -0.376. The molecule has 0 aromatic heterocycles. The lowest BCUT2D eigenvalue weighted by atomic mass is 9.81. The first-order valence-electron chi connectivity index (χ1n) is 8.95. The summed E-state index contributed by atoms with van der Waals surface area (Å²) in [6.07, 6.45) is 11.5. The Morgan fingerprint density at radius 1 is 1.25 bits per heavy atom. The van der Waals surface area contributed by atoms with Gasteiger partial charge in [-0.2, -0.15) is 0 Å². The van der Waals surface area contributed by atoms with E-state index < -0.39 is 11.5 Å². The number of imide groups is 1. The van der Waals surface area contributed by atoms with Gasteiger partial charge in [-0.1, -0.05) is 31.4 Å². The van der Waals surface area contributed by atoms with Crippen LogP contribution in [0, 0.1) is 5.92 Å². The number of ether oxygens (including phenoxy) is 1. The van der Waals surface area contributed by atoms with Gasteiger partial charge >= 0.3 is 12.0 Å². The van der Waals surface area contributed by atoms with Crippen LogP contribution in [0.1, 0.15) is 51.4 Å². The minimum Gasteiger partial charge on any atom is -0.464 e. The zero-order chi connectivity index (χ0) is 17.2. The number of rotatable bonds is 4. The van der Waals surface area contributed by atoms with E-state index in [1.54, 1.807) is 7.05 Å². The largest absolute Gasteiger partial charge is 0.464 e. The molecule has 0 aromatic rings. The van der Waals surface area contributed by atoms with Crippen LogP contribution in [0.3, 0.4) is 0 Å². The molecule has 3 aliphatic rings. The lowest BCUT2D eigenvalue weighted by Crippen LogP contribution is -2.49. The van der Waals surface area contributed by atoms with Crippen molar-refractivity contribution in [2.24, 2.45) is 5.92 Å². The number of carbonyl (C=O) groups excluding carboxylic acids is 3. The molecule has 1 saturated carbocycles. The lowest BCUT2D eigenvalue weighted by Gasteiger charge is -2.35. The summed E-state index contributed by atoms with van der Waals surface area (Å²) >= 11 is 0. The number of esters is 1. The molecule has 1 atom stereocenters. The number of carbonyl (C=O) groups is 3. The third kappa shape index (κ3) is 3.06. The van der Waals surface area contributed by atoms with Gasteiger partial charge in [-0.3, -0.25) is 14.5 Å². The number of amides is 3. The average molecular weight is 334 g/mol. The Labute approximate surface area is 142 Å². The van der Waals surface area contributed by atoms with Gasteiger partial charge in [0.1, 0.15) is 12.1 Å². The van der Waals surface area contributed by atoms with E-state index in [1.807, 2.05) is 0 Å². The van der Waals surface area contributed by atoms with Gasteiger partial charge in [0.25, 0.3) is 5.91 Å². The maximum Gasteiger partial charge on any atom is 0.327 e. The average Bonchev–Trinajstić information content (AvgIpc) is 2.78. The predicted octanol–water partition coefficient (Wildman–Crippen LogP) is 2.48. The SMILES string of the molecule is CN1C(=O)N(CC(=O)OC[C@H]2CC=CCC2)C(=O)C12CCCCC2. The van der Waals surface area contributed by atoms with Crippen LogP contribution in [-0.4, -0.2) is 53.4 Å². The molecular weight excluding hydrogens is 308 g/mol. The molecule has 3 amide bonds. The molecule has 2 aliphatic carbocycles. The van der Waals surface area contributed by atoms with Gasteiger partial charge in [-0.15, -0.1) is 0 Å². The van der Waals surface area contributed by atoms with E-state index in [4.69, 9.17) is 4.74 Å². The second-order valence-electron chi connectivity index (χ2n) is 7.16. The summed E-state index contributed by atoms with van der Waals surface area (Å²) in [5.74, 6) is -0.379. The van der Waals surface area contributed by atoms with Crippen molar-refractivity contribution in [2.45, 2.75) is 56.9 Å². The van der Waals surface area contributed by atoms with Crippen LogP contribution in [0.4, 0.5) is 4.79 Å². The van der Waals surface area contributed by atoms with E-state index in [2.05, 4.69) is 12.2 Å². The third-order valence-electron chi connectivity index (χ3n) is 5.63. The Kier molecular flexibility index (Phi) is 4.92. The Bertz CT molecular complexity index is 551. The van der Waals surface area contributed by atoms with Gasteiger partial charge in [0.05, 0.1) is 6.61 Å². The molecule has 0 bridgehead atoms. The molecule has 132 valence electrons. The predicted molar refractivity (Wildman–Crippen MR) is 88.1 cm³/mol. The van der Waals surface area contributed by atoms with Crippen molar-refractivity contribution in [1.82, 2.24) is 9.80 Å². The van der Waals surface area contributed by atoms with Crippen LogP contribution in [0.15, 0.2) is 12.2 Å². The smallest absolute Gasteiger partial charge is 0.327 e. The molecule has 6 nitrogen and oxygen atoms in total.